The zero-order chi connectivity index (χ0) is 16.2. The highest BCUT2D eigenvalue weighted by Crippen LogP contribution is 2.18. The van der Waals surface area contributed by atoms with Crippen molar-refractivity contribution >= 4 is 17.4 Å². The van der Waals surface area contributed by atoms with Crippen LogP contribution in [-0.4, -0.2) is 71.2 Å². The molecule has 2 aromatic heterocycles. The molecule has 8 nitrogen and oxygen atoms in total. The Bertz CT molecular complexity index is 669. The summed E-state index contributed by atoms with van der Waals surface area (Å²) in [6, 6.07) is 2.01. The lowest BCUT2D eigenvalue weighted by Crippen LogP contribution is -2.49. The Morgan fingerprint density at radius 1 is 1.13 bits per heavy atom. The van der Waals surface area contributed by atoms with Crippen LogP contribution in [0.3, 0.4) is 0 Å². The van der Waals surface area contributed by atoms with Crippen LogP contribution in [0.1, 0.15) is 10.5 Å². The van der Waals surface area contributed by atoms with E-state index >= 15 is 0 Å². The molecule has 3 rings (SSSR count). The second-order valence-corrected chi connectivity index (χ2v) is 5.54. The average Bonchev–Trinajstić information content (AvgIpc) is 2.62. The Morgan fingerprint density at radius 2 is 1.91 bits per heavy atom. The van der Waals surface area contributed by atoms with Crippen molar-refractivity contribution in [3.8, 4) is 0 Å². The maximum Gasteiger partial charge on any atom is 0.274 e. The van der Waals surface area contributed by atoms with E-state index in [0.29, 0.717) is 18.8 Å². The molecule has 1 aliphatic rings. The number of hydrogen-bond acceptors (Lipinski definition) is 7. The van der Waals surface area contributed by atoms with Gasteiger partial charge in [-0.3, -0.25) is 9.78 Å². The van der Waals surface area contributed by atoms with Crippen molar-refractivity contribution in [3.05, 3.63) is 36.5 Å². The summed E-state index contributed by atoms with van der Waals surface area (Å²) in [4.78, 5) is 26.3. The summed E-state index contributed by atoms with van der Waals surface area (Å²) in [5.41, 5.74) is 1.39. The van der Waals surface area contributed by atoms with Gasteiger partial charge in [0, 0.05) is 58.7 Å². The normalized spacial score (nSPS) is 14.7. The van der Waals surface area contributed by atoms with Gasteiger partial charge in [0.1, 0.15) is 5.69 Å². The highest BCUT2D eigenvalue weighted by Gasteiger charge is 2.24. The van der Waals surface area contributed by atoms with Crippen molar-refractivity contribution < 1.29 is 4.79 Å². The minimum atomic E-state index is -0.0779. The number of anilines is 2. The van der Waals surface area contributed by atoms with E-state index in [1.54, 1.807) is 17.3 Å². The molecule has 0 unspecified atom stereocenters. The van der Waals surface area contributed by atoms with Gasteiger partial charge in [-0.15, -0.1) is 5.10 Å². The van der Waals surface area contributed by atoms with E-state index in [9.17, 15) is 4.79 Å². The van der Waals surface area contributed by atoms with Gasteiger partial charge in [0.25, 0.3) is 5.91 Å². The molecule has 8 heteroatoms. The number of aromatic nitrogens is 4. The van der Waals surface area contributed by atoms with Crippen molar-refractivity contribution in [2.45, 2.75) is 0 Å². The topological polar surface area (TPSA) is 78.4 Å². The van der Waals surface area contributed by atoms with E-state index in [2.05, 4.69) is 25.1 Å². The molecule has 0 saturated carbocycles. The van der Waals surface area contributed by atoms with Crippen molar-refractivity contribution in [2.75, 3.05) is 50.1 Å². The molecule has 23 heavy (non-hydrogen) atoms. The van der Waals surface area contributed by atoms with Crippen LogP contribution in [0.2, 0.25) is 0 Å². The minimum Gasteiger partial charge on any atom is -0.376 e. The molecule has 0 N–H and O–H groups in total. The van der Waals surface area contributed by atoms with Crippen LogP contribution in [0.4, 0.5) is 11.5 Å². The molecule has 0 spiro atoms. The highest BCUT2D eigenvalue weighted by molar-refractivity contribution is 5.92. The first kappa shape index (κ1) is 15.1. The molecule has 2 aromatic rings. The molecule has 3 heterocycles. The van der Waals surface area contributed by atoms with Crippen LogP contribution in [-0.2, 0) is 0 Å². The summed E-state index contributed by atoms with van der Waals surface area (Å²) in [7, 11) is 3.94. The number of amides is 1. The number of hydrogen-bond donors (Lipinski definition) is 0. The van der Waals surface area contributed by atoms with Gasteiger partial charge < -0.3 is 14.7 Å². The maximum absolute atomic E-state index is 12.4. The lowest BCUT2D eigenvalue weighted by atomic mass is 10.2. The van der Waals surface area contributed by atoms with Gasteiger partial charge >= 0.3 is 0 Å². The zero-order valence-electron chi connectivity index (χ0n) is 13.3. The highest BCUT2D eigenvalue weighted by atomic mass is 16.2. The Kier molecular flexibility index (Phi) is 4.31. The largest absolute Gasteiger partial charge is 0.376 e. The summed E-state index contributed by atoms with van der Waals surface area (Å²) in [6.45, 7) is 2.70. The quantitative estimate of drug-likeness (QED) is 0.806. The first-order valence-corrected chi connectivity index (χ1v) is 7.45. The molecule has 1 aliphatic heterocycles. The fourth-order valence-electron chi connectivity index (χ4n) is 2.45. The molecule has 120 valence electrons. The van der Waals surface area contributed by atoms with Crippen LogP contribution in [0.5, 0.6) is 0 Å². The Hall–Kier alpha value is -2.77. The fourth-order valence-corrected chi connectivity index (χ4v) is 2.45. The summed E-state index contributed by atoms with van der Waals surface area (Å²) in [5.74, 6) is 0.758. The van der Waals surface area contributed by atoms with Gasteiger partial charge in [0.15, 0.2) is 5.82 Å². The Balaban J connectivity index is 1.64. The number of piperazine rings is 1. The monoisotopic (exact) mass is 313 g/mol. The number of nitrogens with zero attached hydrogens (tertiary/aromatic N) is 7. The number of carbonyl (C=O) groups is 1. The third kappa shape index (κ3) is 3.36. The van der Waals surface area contributed by atoms with E-state index in [-0.39, 0.29) is 5.91 Å². The smallest absolute Gasteiger partial charge is 0.274 e. The molecular weight excluding hydrogens is 294 g/mol. The van der Waals surface area contributed by atoms with Crippen molar-refractivity contribution in [3.63, 3.8) is 0 Å². The predicted octanol–water partition coefficient (Wildman–Crippen LogP) is 0.295. The van der Waals surface area contributed by atoms with Gasteiger partial charge in [0.05, 0.1) is 18.1 Å². The van der Waals surface area contributed by atoms with Crippen molar-refractivity contribution in [2.24, 2.45) is 0 Å². The van der Waals surface area contributed by atoms with Crippen LogP contribution in [0.15, 0.2) is 30.9 Å². The molecule has 1 fully saturated rings. The minimum absolute atomic E-state index is 0.0779. The second kappa shape index (κ2) is 6.55. The van der Waals surface area contributed by atoms with Crippen LogP contribution >= 0.6 is 0 Å². The number of carbonyl (C=O) groups excluding carboxylic acids is 1. The maximum atomic E-state index is 12.4. The first-order chi connectivity index (χ1) is 11.1. The van der Waals surface area contributed by atoms with E-state index < -0.39 is 0 Å². The summed E-state index contributed by atoms with van der Waals surface area (Å²) in [5, 5.41) is 8.25. The second-order valence-electron chi connectivity index (χ2n) is 5.54. The van der Waals surface area contributed by atoms with Gasteiger partial charge in [-0.05, 0) is 0 Å². The van der Waals surface area contributed by atoms with Gasteiger partial charge in [0.2, 0.25) is 0 Å². The first-order valence-electron chi connectivity index (χ1n) is 7.45. The fraction of sp³-hybridized carbons (Fsp3) is 0.400. The molecule has 1 saturated heterocycles. The molecular formula is C15H19N7O. The van der Waals surface area contributed by atoms with Crippen molar-refractivity contribution in [1.82, 2.24) is 25.1 Å². The zero-order valence-corrected chi connectivity index (χ0v) is 13.3. The standard InChI is InChI=1S/C15H19N7O/c1-20(2)12-9-14(19-18-10-12)21-5-7-22(8-6-21)15(23)13-11-16-3-4-17-13/h3-4,9-11H,5-8H2,1-2H3. The van der Waals surface area contributed by atoms with Gasteiger partial charge in [-0.2, -0.15) is 5.10 Å². The van der Waals surface area contributed by atoms with E-state index in [0.717, 1.165) is 24.6 Å². The van der Waals surface area contributed by atoms with E-state index in [1.807, 2.05) is 25.1 Å². The van der Waals surface area contributed by atoms with E-state index in [1.165, 1.54) is 12.4 Å². The molecule has 1 amide bonds. The molecule has 0 atom stereocenters. The Morgan fingerprint density at radius 3 is 2.57 bits per heavy atom. The lowest BCUT2D eigenvalue weighted by Gasteiger charge is -2.35. The van der Waals surface area contributed by atoms with Crippen LogP contribution in [0.25, 0.3) is 0 Å². The van der Waals surface area contributed by atoms with Crippen LogP contribution in [0, 0.1) is 0 Å². The molecule has 0 aromatic carbocycles. The molecule has 0 radical (unpaired) electrons. The average molecular weight is 313 g/mol. The third-order valence-corrected chi connectivity index (χ3v) is 3.82. The summed E-state index contributed by atoms with van der Waals surface area (Å²) in [6.07, 6.45) is 6.33. The number of rotatable bonds is 3. The lowest BCUT2D eigenvalue weighted by molar-refractivity contribution is 0.0740. The summed E-state index contributed by atoms with van der Waals surface area (Å²) >= 11 is 0. The van der Waals surface area contributed by atoms with Gasteiger partial charge in [-0.1, -0.05) is 0 Å². The SMILES string of the molecule is CN(C)c1cnnc(N2CCN(C(=O)c3cnccn3)CC2)c1. The van der Waals surface area contributed by atoms with Crippen molar-refractivity contribution in [1.29, 1.82) is 0 Å². The molecule has 0 aliphatic carbocycles. The third-order valence-electron chi connectivity index (χ3n) is 3.82. The van der Waals surface area contributed by atoms with Crippen LogP contribution < -0.4 is 9.80 Å². The van der Waals surface area contributed by atoms with Gasteiger partial charge in [-0.25, -0.2) is 4.98 Å². The van der Waals surface area contributed by atoms with E-state index in [4.69, 9.17) is 0 Å². The molecule has 0 bridgehead atoms. The summed E-state index contributed by atoms with van der Waals surface area (Å²) < 4.78 is 0. The Labute approximate surface area is 134 Å². The predicted molar refractivity (Wildman–Crippen MR) is 86.5 cm³/mol.